The Morgan fingerprint density at radius 1 is 1.00 bits per heavy atom. The summed E-state index contributed by atoms with van der Waals surface area (Å²) in [4.78, 5) is 4.47. The molecule has 0 spiro atoms. The van der Waals surface area contributed by atoms with E-state index in [0.29, 0.717) is 42.6 Å². The molecule has 0 bridgehead atoms. The molecule has 2 atom stereocenters. The predicted octanol–water partition coefficient (Wildman–Crippen LogP) is 7.14. The minimum atomic E-state index is -1.17. The fourth-order valence-electron chi connectivity index (χ4n) is 3.12. The maximum Gasteiger partial charge on any atom is 0.208 e. The van der Waals surface area contributed by atoms with Gasteiger partial charge in [0, 0.05) is 30.5 Å². The SMILES string of the molecule is CCC.CCCCC(O)(CCC)Oc1ccnc2cc(OCC(C)CC)c(OC)cc12. The topological polar surface area (TPSA) is 60.8 Å². The third-order valence-electron chi connectivity index (χ3n) is 5.07. The van der Waals surface area contributed by atoms with E-state index in [1.54, 1.807) is 19.4 Å². The van der Waals surface area contributed by atoms with Crippen LogP contribution in [0.3, 0.4) is 0 Å². The van der Waals surface area contributed by atoms with Gasteiger partial charge in [0.05, 0.1) is 19.2 Å². The molecule has 2 unspecified atom stereocenters. The van der Waals surface area contributed by atoms with Crippen LogP contribution in [-0.2, 0) is 0 Å². The van der Waals surface area contributed by atoms with Crippen LogP contribution in [0.4, 0.5) is 0 Å². The van der Waals surface area contributed by atoms with Crippen molar-refractivity contribution in [2.45, 2.75) is 92.3 Å². The van der Waals surface area contributed by atoms with Crippen LogP contribution in [0.25, 0.3) is 10.9 Å². The van der Waals surface area contributed by atoms with Crippen LogP contribution in [-0.4, -0.2) is 29.6 Å². The average molecular weight is 434 g/mol. The van der Waals surface area contributed by atoms with Crippen LogP contribution in [0.5, 0.6) is 17.2 Å². The van der Waals surface area contributed by atoms with Crippen molar-refractivity contribution >= 4 is 10.9 Å². The summed E-state index contributed by atoms with van der Waals surface area (Å²) in [6.45, 7) is 13.3. The van der Waals surface area contributed by atoms with E-state index in [1.165, 1.54) is 6.42 Å². The van der Waals surface area contributed by atoms with Gasteiger partial charge in [-0.3, -0.25) is 4.98 Å². The molecule has 5 heteroatoms. The van der Waals surface area contributed by atoms with Gasteiger partial charge in [0.2, 0.25) is 5.79 Å². The highest BCUT2D eigenvalue weighted by Gasteiger charge is 2.28. The number of rotatable bonds is 12. The van der Waals surface area contributed by atoms with Crippen molar-refractivity contribution in [3.63, 3.8) is 0 Å². The van der Waals surface area contributed by atoms with Crippen molar-refractivity contribution in [2.24, 2.45) is 5.92 Å². The molecule has 1 heterocycles. The van der Waals surface area contributed by atoms with E-state index in [2.05, 4.69) is 46.5 Å². The van der Waals surface area contributed by atoms with Gasteiger partial charge >= 0.3 is 0 Å². The molecule has 31 heavy (non-hydrogen) atoms. The molecule has 0 aliphatic heterocycles. The first-order valence-electron chi connectivity index (χ1n) is 11.9. The van der Waals surface area contributed by atoms with Crippen LogP contribution < -0.4 is 14.2 Å². The molecule has 0 radical (unpaired) electrons. The van der Waals surface area contributed by atoms with Crippen LogP contribution in [0.1, 0.15) is 86.5 Å². The lowest BCUT2D eigenvalue weighted by Crippen LogP contribution is -2.35. The first kappa shape index (κ1) is 27.0. The molecule has 0 aliphatic rings. The molecule has 5 nitrogen and oxygen atoms in total. The van der Waals surface area contributed by atoms with E-state index in [1.807, 2.05) is 12.1 Å². The summed E-state index contributed by atoms with van der Waals surface area (Å²) in [7, 11) is 1.63. The second-order valence-electron chi connectivity index (χ2n) is 8.26. The summed E-state index contributed by atoms with van der Waals surface area (Å²) in [5.41, 5.74) is 0.756. The number of pyridine rings is 1. The fourth-order valence-corrected chi connectivity index (χ4v) is 3.12. The molecule has 1 aromatic carbocycles. The predicted molar refractivity (Wildman–Crippen MR) is 129 cm³/mol. The summed E-state index contributed by atoms with van der Waals surface area (Å²) in [5.74, 6) is 1.23. The third-order valence-corrected chi connectivity index (χ3v) is 5.07. The number of aromatic nitrogens is 1. The third kappa shape index (κ3) is 8.56. The van der Waals surface area contributed by atoms with Crippen LogP contribution >= 0.6 is 0 Å². The highest BCUT2D eigenvalue weighted by atomic mass is 16.6. The lowest BCUT2D eigenvalue weighted by Gasteiger charge is -2.29. The van der Waals surface area contributed by atoms with Gasteiger partial charge in [-0.15, -0.1) is 0 Å². The van der Waals surface area contributed by atoms with E-state index >= 15 is 0 Å². The van der Waals surface area contributed by atoms with E-state index in [0.717, 1.165) is 36.6 Å². The van der Waals surface area contributed by atoms with Gasteiger partial charge in [0.25, 0.3) is 0 Å². The molecule has 176 valence electrons. The lowest BCUT2D eigenvalue weighted by atomic mass is 10.0. The summed E-state index contributed by atoms with van der Waals surface area (Å²) >= 11 is 0. The number of aliphatic hydroxyl groups is 1. The average Bonchev–Trinajstić information content (AvgIpc) is 2.76. The van der Waals surface area contributed by atoms with Crippen molar-refractivity contribution in [3.05, 3.63) is 24.4 Å². The number of methoxy groups -OCH3 is 1. The van der Waals surface area contributed by atoms with Gasteiger partial charge in [-0.1, -0.05) is 60.8 Å². The first-order valence-corrected chi connectivity index (χ1v) is 11.9. The smallest absolute Gasteiger partial charge is 0.208 e. The van der Waals surface area contributed by atoms with E-state index < -0.39 is 5.79 Å². The molecular weight excluding hydrogens is 390 g/mol. The van der Waals surface area contributed by atoms with Gasteiger partial charge in [-0.05, 0) is 30.9 Å². The summed E-state index contributed by atoms with van der Waals surface area (Å²) in [6, 6.07) is 5.57. The zero-order valence-electron chi connectivity index (χ0n) is 20.7. The Kier molecular flexibility index (Phi) is 12.3. The number of nitrogens with zero attached hydrogens (tertiary/aromatic N) is 1. The van der Waals surface area contributed by atoms with Crippen molar-refractivity contribution in [1.29, 1.82) is 0 Å². The zero-order valence-corrected chi connectivity index (χ0v) is 20.7. The normalized spacial score (nSPS) is 13.7. The Morgan fingerprint density at radius 2 is 1.71 bits per heavy atom. The zero-order chi connectivity index (χ0) is 23.3. The Balaban J connectivity index is 0.00000151. The number of hydrogen-bond acceptors (Lipinski definition) is 5. The monoisotopic (exact) mass is 433 g/mol. The van der Waals surface area contributed by atoms with E-state index in [-0.39, 0.29) is 0 Å². The number of benzene rings is 1. The number of fused-ring (bicyclic) bond motifs is 1. The van der Waals surface area contributed by atoms with Gasteiger partial charge in [0.1, 0.15) is 5.75 Å². The van der Waals surface area contributed by atoms with Crippen LogP contribution in [0.15, 0.2) is 24.4 Å². The van der Waals surface area contributed by atoms with E-state index in [4.69, 9.17) is 14.2 Å². The number of unbranched alkanes of at least 4 members (excludes halogenated alkanes) is 1. The van der Waals surface area contributed by atoms with Crippen molar-refractivity contribution in [3.8, 4) is 17.2 Å². The Morgan fingerprint density at radius 3 is 2.29 bits per heavy atom. The highest BCUT2D eigenvalue weighted by Crippen LogP contribution is 2.37. The Hall–Kier alpha value is -2.01. The second-order valence-corrected chi connectivity index (χ2v) is 8.26. The minimum absolute atomic E-state index is 0.464. The molecule has 0 aliphatic carbocycles. The quantitative estimate of drug-likeness (QED) is 0.360. The summed E-state index contributed by atoms with van der Waals surface area (Å²) in [5, 5.41) is 11.8. The first-order chi connectivity index (χ1) is 14.9. The molecular formula is C26H43NO4. The van der Waals surface area contributed by atoms with Gasteiger partial charge < -0.3 is 19.3 Å². The van der Waals surface area contributed by atoms with Gasteiger partial charge in [0.15, 0.2) is 11.5 Å². The molecule has 0 saturated heterocycles. The van der Waals surface area contributed by atoms with Crippen LogP contribution in [0, 0.1) is 5.92 Å². The summed E-state index contributed by atoms with van der Waals surface area (Å²) in [6.07, 6.45) is 7.97. The molecule has 1 N–H and O–H groups in total. The second kappa shape index (κ2) is 14.1. The molecule has 0 fully saturated rings. The van der Waals surface area contributed by atoms with E-state index in [9.17, 15) is 5.11 Å². The molecule has 0 saturated carbocycles. The minimum Gasteiger partial charge on any atom is -0.493 e. The molecule has 2 aromatic rings. The van der Waals surface area contributed by atoms with Crippen molar-refractivity contribution in [1.82, 2.24) is 4.98 Å². The standard InChI is InChI=1S/C23H35NO4.C3H8/c1-6-9-12-23(25,11-7-2)28-20-10-13-24-19-15-22(27-16-17(4)8-3)21(26-5)14-18(19)20;1-3-2/h10,13-15,17,25H,6-9,11-12,16H2,1-5H3;3H2,1-2H3. The largest absolute Gasteiger partial charge is 0.493 e. The molecule has 2 rings (SSSR count). The molecule has 0 amide bonds. The highest BCUT2D eigenvalue weighted by molar-refractivity contribution is 5.88. The molecule has 1 aromatic heterocycles. The summed E-state index contributed by atoms with van der Waals surface area (Å²) < 4.78 is 17.6. The van der Waals surface area contributed by atoms with Crippen molar-refractivity contribution in [2.75, 3.05) is 13.7 Å². The number of ether oxygens (including phenoxy) is 3. The fraction of sp³-hybridized carbons (Fsp3) is 0.654. The van der Waals surface area contributed by atoms with Crippen LogP contribution in [0.2, 0.25) is 0 Å². The van der Waals surface area contributed by atoms with Gasteiger partial charge in [-0.2, -0.15) is 0 Å². The van der Waals surface area contributed by atoms with Gasteiger partial charge in [-0.25, -0.2) is 0 Å². The van der Waals surface area contributed by atoms with Crippen molar-refractivity contribution < 1.29 is 19.3 Å². The number of hydrogen-bond donors (Lipinski definition) is 1. The maximum absolute atomic E-state index is 11.0. The lowest BCUT2D eigenvalue weighted by molar-refractivity contribution is -0.148. The maximum atomic E-state index is 11.0. The Bertz CT molecular complexity index is 764. The Labute approximate surface area is 189 Å².